The molecule has 2 aromatic rings. The average Bonchev–Trinajstić information content (AvgIpc) is 2.88. The minimum Gasteiger partial charge on any atom is -0.334 e. The van der Waals surface area contributed by atoms with Crippen molar-refractivity contribution in [3.63, 3.8) is 0 Å². The number of aromatic nitrogens is 3. The highest BCUT2D eigenvalue weighted by molar-refractivity contribution is 6.32. The largest absolute Gasteiger partial charge is 0.334 e. The fourth-order valence-electron chi connectivity index (χ4n) is 1.65. The quantitative estimate of drug-likeness (QED) is 0.921. The molecule has 6 heteroatoms. The van der Waals surface area contributed by atoms with E-state index in [0.29, 0.717) is 22.3 Å². The summed E-state index contributed by atoms with van der Waals surface area (Å²) in [5.41, 5.74) is 6.33. The number of hydrogen-bond donors (Lipinski definition) is 1. The van der Waals surface area contributed by atoms with Crippen molar-refractivity contribution in [2.45, 2.75) is 32.2 Å². The monoisotopic (exact) mass is 266 g/mol. The Kier molecular flexibility index (Phi) is 3.63. The molecule has 0 aromatic carbocycles. The second-order valence-electron chi connectivity index (χ2n) is 4.14. The molecule has 0 atom stereocenters. The summed E-state index contributed by atoms with van der Waals surface area (Å²) in [6.45, 7) is 4.00. The van der Waals surface area contributed by atoms with E-state index in [2.05, 4.69) is 15.1 Å². The lowest BCUT2D eigenvalue weighted by Crippen LogP contribution is -2.36. The van der Waals surface area contributed by atoms with Crippen LogP contribution in [0.1, 0.15) is 32.5 Å². The second kappa shape index (κ2) is 5.04. The van der Waals surface area contributed by atoms with Gasteiger partial charge in [-0.2, -0.15) is 4.98 Å². The zero-order valence-electron chi connectivity index (χ0n) is 10.4. The smallest absolute Gasteiger partial charge is 0.259 e. The summed E-state index contributed by atoms with van der Waals surface area (Å²) >= 11 is 6.03. The van der Waals surface area contributed by atoms with Gasteiger partial charge in [-0.25, -0.2) is 0 Å². The topological polar surface area (TPSA) is 77.8 Å². The fraction of sp³-hybridized carbons (Fsp3) is 0.417. The van der Waals surface area contributed by atoms with Gasteiger partial charge in [-0.05, 0) is 18.9 Å². The Balaban J connectivity index is 2.40. The summed E-state index contributed by atoms with van der Waals surface area (Å²) in [6, 6.07) is 1.73. The van der Waals surface area contributed by atoms with Crippen LogP contribution >= 0.6 is 11.6 Å². The molecule has 2 aromatic heterocycles. The summed E-state index contributed by atoms with van der Waals surface area (Å²) in [6.07, 6.45) is 4.65. The lowest BCUT2D eigenvalue weighted by molar-refractivity contribution is 0.350. The predicted octanol–water partition coefficient (Wildman–Crippen LogP) is 2.76. The Morgan fingerprint density at radius 2 is 2.11 bits per heavy atom. The Bertz CT molecular complexity index is 536. The van der Waals surface area contributed by atoms with Crippen LogP contribution < -0.4 is 5.73 Å². The molecule has 0 fully saturated rings. The van der Waals surface area contributed by atoms with E-state index >= 15 is 0 Å². The van der Waals surface area contributed by atoms with Crippen molar-refractivity contribution in [2.24, 2.45) is 5.73 Å². The number of nitrogens with two attached hydrogens (primary N) is 1. The average molecular weight is 267 g/mol. The normalized spacial score (nSPS) is 11.8. The molecule has 0 aliphatic carbocycles. The van der Waals surface area contributed by atoms with Crippen molar-refractivity contribution in [3.8, 4) is 11.5 Å². The molecule has 18 heavy (non-hydrogen) atoms. The van der Waals surface area contributed by atoms with Crippen LogP contribution in [-0.2, 0) is 5.54 Å². The maximum atomic E-state index is 6.22. The van der Waals surface area contributed by atoms with Crippen molar-refractivity contribution in [2.75, 3.05) is 0 Å². The first-order valence-electron chi connectivity index (χ1n) is 5.83. The van der Waals surface area contributed by atoms with E-state index in [9.17, 15) is 0 Å². The SMILES string of the molecule is CCC(N)(CC)c1noc(-c2ccncc2Cl)n1. The lowest BCUT2D eigenvalue weighted by Gasteiger charge is -2.21. The molecule has 0 spiro atoms. The minimum absolute atomic E-state index is 0.370. The number of hydrogen-bond acceptors (Lipinski definition) is 5. The number of halogens is 1. The van der Waals surface area contributed by atoms with Gasteiger partial charge in [-0.3, -0.25) is 4.98 Å². The van der Waals surface area contributed by atoms with E-state index in [1.807, 2.05) is 13.8 Å². The summed E-state index contributed by atoms with van der Waals surface area (Å²) in [4.78, 5) is 8.25. The van der Waals surface area contributed by atoms with Crippen LogP contribution in [0.4, 0.5) is 0 Å². The molecular formula is C12H15ClN4O. The van der Waals surface area contributed by atoms with E-state index in [0.717, 1.165) is 12.8 Å². The molecule has 0 saturated carbocycles. The van der Waals surface area contributed by atoms with Gasteiger partial charge in [-0.15, -0.1) is 0 Å². The zero-order valence-corrected chi connectivity index (χ0v) is 11.1. The summed E-state index contributed by atoms with van der Waals surface area (Å²) < 4.78 is 5.23. The zero-order chi connectivity index (χ0) is 13.2. The van der Waals surface area contributed by atoms with Gasteiger partial charge in [0, 0.05) is 12.4 Å². The van der Waals surface area contributed by atoms with Crippen molar-refractivity contribution >= 4 is 11.6 Å². The van der Waals surface area contributed by atoms with Crippen molar-refractivity contribution < 1.29 is 4.52 Å². The van der Waals surface area contributed by atoms with Crippen LogP contribution in [0.25, 0.3) is 11.5 Å². The molecule has 0 amide bonds. The summed E-state index contributed by atoms with van der Waals surface area (Å²) in [5, 5.41) is 4.43. The third kappa shape index (κ3) is 2.23. The number of rotatable bonds is 4. The van der Waals surface area contributed by atoms with Gasteiger partial charge in [0.25, 0.3) is 5.89 Å². The minimum atomic E-state index is -0.554. The van der Waals surface area contributed by atoms with Gasteiger partial charge in [0.2, 0.25) is 0 Å². The molecule has 0 bridgehead atoms. The van der Waals surface area contributed by atoms with Crippen LogP contribution in [0.3, 0.4) is 0 Å². The first kappa shape index (κ1) is 13.0. The third-order valence-electron chi connectivity index (χ3n) is 3.14. The standard InChI is InChI=1S/C12H15ClN4O/c1-3-12(14,4-2)11-16-10(18-17-11)8-5-6-15-7-9(8)13/h5-7H,3-4,14H2,1-2H3. The highest BCUT2D eigenvalue weighted by Gasteiger charge is 2.29. The molecule has 96 valence electrons. The molecule has 0 aliphatic heterocycles. The van der Waals surface area contributed by atoms with Crippen molar-refractivity contribution in [3.05, 3.63) is 29.3 Å². The maximum absolute atomic E-state index is 6.22. The molecular weight excluding hydrogens is 252 g/mol. The first-order chi connectivity index (χ1) is 8.60. The van der Waals surface area contributed by atoms with E-state index in [4.69, 9.17) is 21.9 Å². The third-order valence-corrected chi connectivity index (χ3v) is 3.44. The van der Waals surface area contributed by atoms with Crippen molar-refractivity contribution in [1.82, 2.24) is 15.1 Å². The number of nitrogens with zero attached hydrogens (tertiary/aromatic N) is 3. The van der Waals surface area contributed by atoms with E-state index < -0.39 is 5.54 Å². The molecule has 0 radical (unpaired) electrons. The second-order valence-corrected chi connectivity index (χ2v) is 4.55. The highest BCUT2D eigenvalue weighted by Crippen LogP contribution is 2.28. The van der Waals surface area contributed by atoms with Crippen LogP contribution in [-0.4, -0.2) is 15.1 Å². The summed E-state index contributed by atoms with van der Waals surface area (Å²) in [5.74, 6) is 0.879. The van der Waals surface area contributed by atoms with Crippen molar-refractivity contribution in [1.29, 1.82) is 0 Å². The van der Waals surface area contributed by atoms with Gasteiger partial charge in [-0.1, -0.05) is 30.6 Å². The van der Waals surface area contributed by atoms with Crippen LogP contribution in [0.2, 0.25) is 5.02 Å². The molecule has 2 heterocycles. The van der Waals surface area contributed by atoms with Crippen LogP contribution in [0.5, 0.6) is 0 Å². The first-order valence-corrected chi connectivity index (χ1v) is 6.21. The maximum Gasteiger partial charge on any atom is 0.259 e. The Morgan fingerprint density at radius 3 is 2.72 bits per heavy atom. The Morgan fingerprint density at radius 1 is 1.39 bits per heavy atom. The van der Waals surface area contributed by atoms with Gasteiger partial charge in [0.15, 0.2) is 5.82 Å². The van der Waals surface area contributed by atoms with Crippen LogP contribution in [0, 0.1) is 0 Å². The highest BCUT2D eigenvalue weighted by atomic mass is 35.5. The van der Waals surface area contributed by atoms with E-state index in [-0.39, 0.29) is 0 Å². The Labute approximate surface area is 110 Å². The lowest BCUT2D eigenvalue weighted by atomic mass is 9.93. The van der Waals surface area contributed by atoms with Crippen LogP contribution in [0.15, 0.2) is 23.0 Å². The fourth-order valence-corrected chi connectivity index (χ4v) is 1.85. The molecule has 2 N–H and O–H groups in total. The molecule has 2 rings (SSSR count). The van der Waals surface area contributed by atoms with E-state index in [1.165, 1.54) is 6.20 Å². The molecule has 5 nitrogen and oxygen atoms in total. The van der Waals surface area contributed by atoms with Gasteiger partial charge in [0.1, 0.15) is 0 Å². The van der Waals surface area contributed by atoms with Gasteiger partial charge >= 0.3 is 0 Å². The molecule has 0 saturated heterocycles. The Hall–Kier alpha value is -1.46. The van der Waals surface area contributed by atoms with E-state index in [1.54, 1.807) is 12.3 Å². The summed E-state index contributed by atoms with van der Waals surface area (Å²) in [7, 11) is 0. The predicted molar refractivity (Wildman–Crippen MR) is 69.0 cm³/mol. The molecule has 0 aliphatic rings. The number of pyridine rings is 1. The molecule has 0 unspecified atom stereocenters. The van der Waals surface area contributed by atoms with Gasteiger partial charge in [0.05, 0.1) is 16.1 Å². The van der Waals surface area contributed by atoms with Gasteiger partial charge < -0.3 is 10.3 Å².